The highest BCUT2D eigenvalue weighted by Crippen LogP contribution is 2.40. The second-order valence-corrected chi connectivity index (χ2v) is 9.24. The van der Waals surface area contributed by atoms with Crippen molar-refractivity contribution in [1.82, 2.24) is 0 Å². The van der Waals surface area contributed by atoms with Crippen molar-refractivity contribution >= 4 is 60.3 Å². The van der Waals surface area contributed by atoms with Crippen molar-refractivity contribution in [3.8, 4) is 0 Å². The summed E-state index contributed by atoms with van der Waals surface area (Å²) in [6.07, 6.45) is 1.17. The monoisotopic (exact) mass is 398 g/mol. The molecular weight excluding hydrogens is 391 g/mol. The molecule has 2 nitrogen and oxygen atoms in total. The number of hydrogen-bond donors (Lipinski definition) is 0. The van der Waals surface area contributed by atoms with Crippen LogP contribution in [0.15, 0.2) is 39.0 Å². The molecule has 2 rings (SSSR count). The van der Waals surface area contributed by atoms with E-state index in [2.05, 4.69) is 15.9 Å². The summed E-state index contributed by atoms with van der Waals surface area (Å²) in [5, 5.41) is 0.181. The first-order chi connectivity index (χ1) is 8.79. The van der Waals surface area contributed by atoms with Gasteiger partial charge >= 0.3 is 0 Å². The van der Waals surface area contributed by atoms with E-state index >= 15 is 0 Å². The minimum absolute atomic E-state index is 0.261. The van der Waals surface area contributed by atoms with E-state index in [9.17, 15) is 8.42 Å². The van der Waals surface area contributed by atoms with Crippen LogP contribution < -0.4 is 0 Å². The fraction of sp³-hybridized carbons (Fsp3) is 0.167. The van der Waals surface area contributed by atoms with Crippen LogP contribution in [0, 0.1) is 0 Å². The van der Waals surface area contributed by atoms with Gasteiger partial charge in [0.05, 0.1) is 19.1 Å². The van der Waals surface area contributed by atoms with E-state index in [-0.39, 0.29) is 4.90 Å². The third-order valence-electron chi connectivity index (χ3n) is 2.49. The Hall–Kier alpha value is -0.0700. The Morgan fingerprint density at radius 3 is 2.53 bits per heavy atom. The zero-order valence-corrected chi connectivity index (χ0v) is 14.5. The molecule has 0 aliphatic carbocycles. The molecule has 1 aromatic heterocycles. The standard InChI is InChI=1S/C12H9BrCl2O2S2/c1-19(16,17)8-4-2-3-7(5-8)11(15)10-6-9(14)12(13)18-10/h2-6,11H,1H3. The Morgan fingerprint density at radius 1 is 1.32 bits per heavy atom. The normalized spacial score (nSPS) is 13.5. The zero-order valence-electron chi connectivity index (χ0n) is 9.73. The van der Waals surface area contributed by atoms with Crippen LogP contribution in [-0.2, 0) is 9.84 Å². The Morgan fingerprint density at radius 2 is 2.00 bits per heavy atom. The molecule has 102 valence electrons. The Balaban J connectivity index is 2.42. The van der Waals surface area contributed by atoms with Crippen molar-refractivity contribution in [2.24, 2.45) is 0 Å². The molecule has 0 N–H and O–H groups in total. The van der Waals surface area contributed by atoms with Gasteiger partial charge in [-0.25, -0.2) is 8.42 Å². The highest BCUT2D eigenvalue weighted by atomic mass is 79.9. The minimum atomic E-state index is -3.23. The van der Waals surface area contributed by atoms with E-state index in [1.54, 1.807) is 30.3 Å². The van der Waals surface area contributed by atoms with Gasteiger partial charge in [0.2, 0.25) is 0 Å². The van der Waals surface area contributed by atoms with Crippen LogP contribution in [0.1, 0.15) is 15.8 Å². The summed E-state index contributed by atoms with van der Waals surface area (Å²) < 4.78 is 23.9. The Kier molecular flexibility index (Phi) is 4.63. The molecular formula is C12H9BrCl2O2S2. The third-order valence-corrected chi connectivity index (χ3v) is 6.76. The number of sulfone groups is 1. The van der Waals surface area contributed by atoms with Crippen LogP contribution in [-0.4, -0.2) is 14.7 Å². The topological polar surface area (TPSA) is 34.1 Å². The molecule has 0 saturated heterocycles. The van der Waals surface area contributed by atoms with Gasteiger partial charge in [-0.15, -0.1) is 22.9 Å². The lowest BCUT2D eigenvalue weighted by Gasteiger charge is -2.09. The number of thiophene rings is 1. The third kappa shape index (κ3) is 3.52. The van der Waals surface area contributed by atoms with E-state index in [1.165, 1.54) is 17.6 Å². The SMILES string of the molecule is CS(=O)(=O)c1cccc(C(Cl)c2cc(Cl)c(Br)s2)c1. The highest BCUT2D eigenvalue weighted by molar-refractivity contribution is 9.11. The summed E-state index contributed by atoms with van der Waals surface area (Å²) in [5.74, 6) is 0. The maximum atomic E-state index is 11.5. The second-order valence-electron chi connectivity index (χ2n) is 3.98. The Labute approximate surface area is 134 Å². The zero-order chi connectivity index (χ0) is 14.2. The van der Waals surface area contributed by atoms with E-state index in [4.69, 9.17) is 23.2 Å². The second kappa shape index (κ2) is 5.74. The molecule has 0 aliphatic rings. The lowest BCUT2D eigenvalue weighted by Crippen LogP contribution is -1.99. The van der Waals surface area contributed by atoms with Gasteiger partial charge in [0.1, 0.15) is 0 Å². The van der Waals surface area contributed by atoms with E-state index < -0.39 is 15.2 Å². The summed E-state index contributed by atoms with van der Waals surface area (Å²) in [5.41, 5.74) is 0.731. The van der Waals surface area contributed by atoms with E-state index in [0.29, 0.717) is 5.02 Å². The molecule has 1 heterocycles. The van der Waals surface area contributed by atoms with Gasteiger partial charge in [-0.2, -0.15) is 0 Å². The quantitative estimate of drug-likeness (QED) is 0.688. The molecule has 19 heavy (non-hydrogen) atoms. The number of benzene rings is 1. The van der Waals surface area contributed by atoms with Gasteiger partial charge in [-0.3, -0.25) is 0 Å². The number of hydrogen-bond acceptors (Lipinski definition) is 3. The van der Waals surface area contributed by atoms with Crippen LogP contribution in [0.5, 0.6) is 0 Å². The molecule has 0 saturated carbocycles. The number of alkyl halides is 1. The van der Waals surface area contributed by atoms with Crippen LogP contribution in [0.4, 0.5) is 0 Å². The molecule has 7 heteroatoms. The van der Waals surface area contributed by atoms with Gasteiger partial charge in [0.25, 0.3) is 0 Å². The smallest absolute Gasteiger partial charge is 0.175 e. The molecule has 0 spiro atoms. The molecule has 0 fully saturated rings. The van der Waals surface area contributed by atoms with E-state index in [1.807, 2.05) is 0 Å². The van der Waals surface area contributed by atoms with Gasteiger partial charge in [0.15, 0.2) is 9.84 Å². The van der Waals surface area contributed by atoms with Crippen molar-refractivity contribution in [3.63, 3.8) is 0 Å². The number of halogens is 3. The van der Waals surface area contributed by atoms with Crippen molar-refractivity contribution in [1.29, 1.82) is 0 Å². The summed E-state index contributed by atoms with van der Waals surface area (Å²) >= 11 is 17.1. The van der Waals surface area contributed by atoms with Crippen LogP contribution in [0.25, 0.3) is 0 Å². The molecule has 1 atom stereocenters. The fourth-order valence-corrected chi connectivity index (χ4v) is 4.32. The first-order valence-electron chi connectivity index (χ1n) is 5.18. The lowest BCUT2D eigenvalue weighted by molar-refractivity contribution is 0.602. The van der Waals surface area contributed by atoms with Crippen molar-refractivity contribution < 1.29 is 8.42 Å². The molecule has 0 amide bonds. The van der Waals surface area contributed by atoms with Crippen LogP contribution in [0.3, 0.4) is 0 Å². The molecule has 0 bridgehead atoms. The molecule has 0 aliphatic heterocycles. The van der Waals surface area contributed by atoms with Crippen LogP contribution in [0.2, 0.25) is 5.02 Å². The average molecular weight is 400 g/mol. The van der Waals surface area contributed by atoms with Crippen molar-refractivity contribution in [2.45, 2.75) is 10.3 Å². The summed E-state index contributed by atoms with van der Waals surface area (Å²) in [6.45, 7) is 0. The van der Waals surface area contributed by atoms with Gasteiger partial charge < -0.3 is 0 Å². The van der Waals surface area contributed by atoms with Gasteiger partial charge in [-0.05, 0) is 39.7 Å². The van der Waals surface area contributed by atoms with Gasteiger partial charge in [-0.1, -0.05) is 23.7 Å². The van der Waals surface area contributed by atoms with Gasteiger partial charge in [0, 0.05) is 11.1 Å². The Bertz CT molecular complexity index is 691. The highest BCUT2D eigenvalue weighted by Gasteiger charge is 2.17. The predicted molar refractivity (Wildman–Crippen MR) is 84.3 cm³/mol. The average Bonchev–Trinajstić information content (AvgIpc) is 2.68. The molecule has 1 unspecified atom stereocenters. The van der Waals surface area contributed by atoms with E-state index in [0.717, 1.165) is 14.2 Å². The first-order valence-corrected chi connectivity index (χ1v) is 9.49. The maximum Gasteiger partial charge on any atom is 0.175 e. The van der Waals surface area contributed by atoms with Crippen molar-refractivity contribution in [2.75, 3.05) is 6.26 Å². The molecule has 2 aromatic rings. The lowest BCUT2D eigenvalue weighted by atomic mass is 10.1. The molecule has 1 aromatic carbocycles. The minimum Gasteiger partial charge on any atom is -0.224 e. The summed E-state index contributed by atoms with van der Waals surface area (Å²) in [7, 11) is -3.23. The summed E-state index contributed by atoms with van der Waals surface area (Å²) in [4.78, 5) is 1.13. The maximum absolute atomic E-state index is 11.5. The fourth-order valence-electron chi connectivity index (χ4n) is 1.56. The van der Waals surface area contributed by atoms with Crippen molar-refractivity contribution in [3.05, 3.63) is 49.6 Å². The van der Waals surface area contributed by atoms with Crippen LogP contribution >= 0.6 is 50.5 Å². The number of rotatable bonds is 3. The molecule has 0 radical (unpaired) electrons. The predicted octanol–water partition coefficient (Wildman–Crippen LogP) is 4.90. The first kappa shape index (κ1) is 15.3. The summed E-state index contributed by atoms with van der Waals surface area (Å²) in [6, 6.07) is 8.41. The largest absolute Gasteiger partial charge is 0.224 e.